The topological polar surface area (TPSA) is 70.1 Å². The van der Waals surface area contributed by atoms with E-state index in [-0.39, 0.29) is 5.69 Å². The molecule has 0 radical (unpaired) electrons. The fourth-order valence-corrected chi connectivity index (χ4v) is 1.79. The van der Waals surface area contributed by atoms with Crippen molar-refractivity contribution in [3.63, 3.8) is 0 Å². The standard InChI is InChI=1S/C13H15N3O2/c1-9-15-11(13(17)18-2)12(14)16(9)8-10-6-4-3-5-7-10/h3-7H,8,14H2,1-2H3. The highest BCUT2D eigenvalue weighted by Gasteiger charge is 2.18. The number of carbonyl (C=O) groups excluding carboxylic acids is 1. The summed E-state index contributed by atoms with van der Waals surface area (Å²) in [7, 11) is 1.31. The van der Waals surface area contributed by atoms with Gasteiger partial charge in [0.2, 0.25) is 0 Å². The van der Waals surface area contributed by atoms with Crippen LogP contribution in [-0.4, -0.2) is 22.6 Å². The Balaban J connectivity index is 2.34. The third-order valence-electron chi connectivity index (χ3n) is 2.76. The molecule has 0 aliphatic rings. The molecular formula is C13H15N3O2. The smallest absolute Gasteiger partial charge is 0.360 e. The number of nitrogen functional groups attached to an aromatic ring is 1. The first-order valence-electron chi connectivity index (χ1n) is 5.58. The predicted octanol–water partition coefficient (Wildman–Crippen LogP) is 1.61. The third kappa shape index (κ3) is 2.20. The molecule has 0 aliphatic carbocycles. The minimum atomic E-state index is -0.512. The Morgan fingerprint density at radius 1 is 1.39 bits per heavy atom. The molecule has 5 heteroatoms. The van der Waals surface area contributed by atoms with E-state index in [2.05, 4.69) is 9.72 Å². The molecule has 2 N–H and O–H groups in total. The SMILES string of the molecule is COC(=O)c1nc(C)n(Cc2ccccc2)c1N. The van der Waals surface area contributed by atoms with Crippen LogP contribution in [0, 0.1) is 6.92 Å². The van der Waals surface area contributed by atoms with Gasteiger partial charge in [0.15, 0.2) is 5.69 Å². The second-order valence-corrected chi connectivity index (χ2v) is 3.96. The summed E-state index contributed by atoms with van der Waals surface area (Å²) in [6.45, 7) is 2.40. The van der Waals surface area contributed by atoms with Crippen molar-refractivity contribution in [1.29, 1.82) is 0 Å². The fraction of sp³-hybridized carbons (Fsp3) is 0.231. The molecular weight excluding hydrogens is 230 g/mol. The maximum absolute atomic E-state index is 11.5. The first-order valence-corrected chi connectivity index (χ1v) is 5.58. The van der Waals surface area contributed by atoms with Crippen LogP contribution in [0.1, 0.15) is 21.9 Å². The number of nitrogens with zero attached hydrogens (tertiary/aromatic N) is 2. The average molecular weight is 245 g/mol. The molecule has 2 rings (SSSR count). The average Bonchev–Trinajstić information content (AvgIpc) is 2.67. The van der Waals surface area contributed by atoms with Crippen molar-refractivity contribution < 1.29 is 9.53 Å². The van der Waals surface area contributed by atoms with Crippen molar-refractivity contribution in [3.8, 4) is 0 Å². The van der Waals surface area contributed by atoms with Gasteiger partial charge in [0.05, 0.1) is 13.7 Å². The van der Waals surface area contributed by atoms with Crippen LogP contribution in [0.5, 0.6) is 0 Å². The van der Waals surface area contributed by atoms with Gasteiger partial charge >= 0.3 is 5.97 Å². The van der Waals surface area contributed by atoms with E-state index in [0.29, 0.717) is 18.2 Å². The summed E-state index contributed by atoms with van der Waals surface area (Å²) in [6.07, 6.45) is 0. The lowest BCUT2D eigenvalue weighted by Gasteiger charge is -2.07. The number of ether oxygens (including phenoxy) is 1. The van der Waals surface area contributed by atoms with Crippen molar-refractivity contribution in [2.75, 3.05) is 12.8 Å². The van der Waals surface area contributed by atoms with E-state index >= 15 is 0 Å². The Hall–Kier alpha value is -2.30. The molecule has 2 aromatic rings. The van der Waals surface area contributed by atoms with Crippen LogP contribution >= 0.6 is 0 Å². The van der Waals surface area contributed by atoms with Crippen molar-refractivity contribution in [2.45, 2.75) is 13.5 Å². The maximum Gasteiger partial charge on any atom is 0.360 e. The van der Waals surface area contributed by atoms with Crippen molar-refractivity contribution >= 4 is 11.8 Å². The Morgan fingerprint density at radius 2 is 2.06 bits per heavy atom. The zero-order chi connectivity index (χ0) is 13.1. The molecule has 0 bridgehead atoms. The van der Waals surface area contributed by atoms with E-state index in [1.54, 1.807) is 4.57 Å². The first kappa shape index (κ1) is 12.2. The van der Waals surface area contributed by atoms with Gasteiger partial charge in [-0.1, -0.05) is 30.3 Å². The summed E-state index contributed by atoms with van der Waals surface area (Å²) in [5, 5.41) is 0. The molecule has 0 fully saturated rings. The number of anilines is 1. The number of aromatic nitrogens is 2. The predicted molar refractivity (Wildman–Crippen MR) is 68.3 cm³/mol. The van der Waals surface area contributed by atoms with E-state index in [9.17, 15) is 4.79 Å². The summed E-state index contributed by atoms with van der Waals surface area (Å²) in [6, 6.07) is 9.86. The van der Waals surface area contributed by atoms with E-state index in [1.807, 2.05) is 37.3 Å². The number of hydrogen-bond donors (Lipinski definition) is 1. The highest BCUT2D eigenvalue weighted by molar-refractivity contribution is 5.92. The van der Waals surface area contributed by atoms with Crippen LogP contribution in [-0.2, 0) is 11.3 Å². The summed E-state index contributed by atoms with van der Waals surface area (Å²) < 4.78 is 6.43. The van der Waals surface area contributed by atoms with Crippen molar-refractivity contribution in [1.82, 2.24) is 9.55 Å². The van der Waals surface area contributed by atoms with Crippen LogP contribution in [0.2, 0.25) is 0 Å². The monoisotopic (exact) mass is 245 g/mol. The van der Waals surface area contributed by atoms with Gasteiger partial charge in [-0.15, -0.1) is 0 Å². The molecule has 0 aliphatic heterocycles. The maximum atomic E-state index is 11.5. The molecule has 0 spiro atoms. The van der Waals surface area contributed by atoms with E-state index in [1.165, 1.54) is 7.11 Å². The van der Waals surface area contributed by atoms with E-state index in [0.717, 1.165) is 5.56 Å². The molecule has 1 heterocycles. The lowest BCUT2D eigenvalue weighted by molar-refractivity contribution is 0.0595. The molecule has 0 atom stereocenters. The fourth-order valence-electron chi connectivity index (χ4n) is 1.79. The number of aryl methyl sites for hydroxylation is 1. The van der Waals surface area contributed by atoms with Gasteiger partial charge in [0, 0.05) is 0 Å². The Bertz CT molecular complexity index is 561. The highest BCUT2D eigenvalue weighted by atomic mass is 16.5. The minimum absolute atomic E-state index is 0.172. The molecule has 1 aromatic carbocycles. The first-order chi connectivity index (χ1) is 8.63. The summed E-state index contributed by atoms with van der Waals surface area (Å²) in [5.74, 6) is 0.516. The number of benzene rings is 1. The van der Waals surface area contributed by atoms with Gasteiger partial charge in [-0.25, -0.2) is 9.78 Å². The van der Waals surface area contributed by atoms with Gasteiger partial charge in [-0.2, -0.15) is 0 Å². The number of esters is 1. The largest absolute Gasteiger partial charge is 0.464 e. The van der Waals surface area contributed by atoms with Crippen molar-refractivity contribution in [3.05, 3.63) is 47.4 Å². The number of rotatable bonds is 3. The lowest BCUT2D eigenvalue weighted by Crippen LogP contribution is -2.09. The third-order valence-corrected chi connectivity index (χ3v) is 2.76. The van der Waals surface area contributed by atoms with Crippen LogP contribution in [0.25, 0.3) is 0 Å². The van der Waals surface area contributed by atoms with Crippen molar-refractivity contribution in [2.24, 2.45) is 0 Å². The van der Waals surface area contributed by atoms with Crippen LogP contribution in [0.3, 0.4) is 0 Å². The number of nitrogens with two attached hydrogens (primary N) is 1. The van der Waals surface area contributed by atoms with Crippen LogP contribution < -0.4 is 5.73 Å². The Kier molecular flexibility index (Phi) is 3.32. The molecule has 5 nitrogen and oxygen atoms in total. The van der Waals surface area contributed by atoms with Gasteiger partial charge in [-0.3, -0.25) is 0 Å². The summed E-state index contributed by atoms with van der Waals surface area (Å²) >= 11 is 0. The Morgan fingerprint density at radius 3 is 2.67 bits per heavy atom. The molecule has 0 saturated heterocycles. The van der Waals surface area contributed by atoms with Gasteiger partial charge < -0.3 is 15.0 Å². The molecule has 1 aromatic heterocycles. The number of hydrogen-bond acceptors (Lipinski definition) is 4. The quantitative estimate of drug-likeness (QED) is 0.834. The number of methoxy groups -OCH3 is 1. The molecule has 18 heavy (non-hydrogen) atoms. The minimum Gasteiger partial charge on any atom is -0.464 e. The normalized spacial score (nSPS) is 10.3. The van der Waals surface area contributed by atoms with Gasteiger partial charge in [0.1, 0.15) is 11.6 Å². The van der Waals surface area contributed by atoms with Crippen LogP contribution in [0.4, 0.5) is 5.82 Å². The Labute approximate surface area is 105 Å². The summed E-state index contributed by atoms with van der Waals surface area (Å²) in [5.41, 5.74) is 7.20. The molecule has 0 saturated carbocycles. The number of carbonyl (C=O) groups is 1. The zero-order valence-electron chi connectivity index (χ0n) is 10.4. The molecule has 94 valence electrons. The lowest BCUT2D eigenvalue weighted by atomic mass is 10.2. The van der Waals surface area contributed by atoms with Gasteiger partial charge in [0.25, 0.3) is 0 Å². The van der Waals surface area contributed by atoms with E-state index < -0.39 is 5.97 Å². The molecule has 0 unspecified atom stereocenters. The second-order valence-electron chi connectivity index (χ2n) is 3.96. The molecule has 0 amide bonds. The van der Waals surface area contributed by atoms with Gasteiger partial charge in [-0.05, 0) is 12.5 Å². The zero-order valence-corrected chi connectivity index (χ0v) is 10.4. The highest BCUT2D eigenvalue weighted by Crippen LogP contribution is 2.17. The van der Waals surface area contributed by atoms with Crippen LogP contribution in [0.15, 0.2) is 30.3 Å². The summed E-state index contributed by atoms with van der Waals surface area (Å²) in [4.78, 5) is 15.6. The number of imidazole rings is 1. The second kappa shape index (κ2) is 4.91. The van der Waals surface area contributed by atoms with E-state index in [4.69, 9.17) is 5.73 Å².